The van der Waals surface area contributed by atoms with Gasteiger partial charge in [-0.05, 0) is 51.1 Å². The molecule has 0 bridgehead atoms. The molecule has 33 heavy (non-hydrogen) atoms. The lowest BCUT2D eigenvalue weighted by atomic mass is 10.1. The summed E-state index contributed by atoms with van der Waals surface area (Å²) in [4.78, 5) is 2.19. The van der Waals surface area contributed by atoms with Crippen molar-refractivity contribution >= 4 is 0 Å². The third kappa shape index (κ3) is 7.12. The van der Waals surface area contributed by atoms with E-state index in [4.69, 9.17) is 14.6 Å². The molecule has 1 N–H and O–H groups in total. The van der Waals surface area contributed by atoms with Crippen molar-refractivity contribution < 1.29 is 19.0 Å². The van der Waals surface area contributed by atoms with Gasteiger partial charge in [0.25, 0.3) is 0 Å². The smallest absolute Gasteiger partial charge is 0.222 e. The summed E-state index contributed by atoms with van der Waals surface area (Å²) in [5, 5.41) is 15.3. The van der Waals surface area contributed by atoms with Crippen LogP contribution in [0.2, 0.25) is 0 Å². The van der Waals surface area contributed by atoms with E-state index in [1.807, 2.05) is 51.2 Å². The van der Waals surface area contributed by atoms with E-state index in [0.29, 0.717) is 24.7 Å². The quantitative estimate of drug-likeness (QED) is 0.416. The van der Waals surface area contributed by atoms with Gasteiger partial charge in [0.05, 0.1) is 24.4 Å². The largest absolute Gasteiger partial charge is 0.439 e. The van der Waals surface area contributed by atoms with Gasteiger partial charge in [0.2, 0.25) is 5.88 Å². The van der Waals surface area contributed by atoms with Crippen LogP contribution in [0.4, 0.5) is 4.39 Å². The normalized spacial score (nSPS) is 12.5. The Morgan fingerprint density at radius 2 is 1.79 bits per heavy atom. The highest BCUT2D eigenvalue weighted by Crippen LogP contribution is 2.34. The number of ether oxygens (including phenoxy) is 2. The topological polar surface area (TPSA) is 59.8 Å². The Bertz CT molecular complexity index is 990. The zero-order chi connectivity index (χ0) is 23.8. The molecular formula is C26H34FN3O3. The maximum absolute atomic E-state index is 13.4. The molecule has 7 heteroatoms. The molecule has 0 fully saturated rings. The molecule has 0 saturated heterocycles. The summed E-state index contributed by atoms with van der Waals surface area (Å²) in [6.45, 7) is 8.13. The summed E-state index contributed by atoms with van der Waals surface area (Å²) >= 11 is 0. The van der Waals surface area contributed by atoms with E-state index in [-0.39, 0.29) is 18.5 Å². The molecule has 0 radical (unpaired) electrons. The lowest BCUT2D eigenvalue weighted by Gasteiger charge is -2.25. The fourth-order valence-corrected chi connectivity index (χ4v) is 3.69. The SMILES string of the molecule is CCCN(Cc1c(-c2ccccc2)nn(C)c1Oc1ccc(F)cc1)CC(O)COC(C)C. The maximum Gasteiger partial charge on any atom is 0.222 e. The average Bonchev–Trinajstić information content (AvgIpc) is 3.09. The van der Waals surface area contributed by atoms with Crippen molar-refractivity contribution in [3.8, 4) is 22.9 Å². The third-order valence-corrected chi connectivity index (χ3v) is 5.18. The van der Waals surface area contributed by atoms with Gasteiger partial charge in [-0.2, -0.15) is 5.10 Å². The number of aliphatic hydroxyl groups excluding tert-OH is 1. The fraction of sp³-hybridized carbons (Fsp3) is 0.423. The molecule has 1 aromatic heterocycles. The summed E-state index contributed by atoms with van der Waals surface area (Å²) in [7, 11) is 1.84. The van der Waals surface area contributed by atoms with Crippen LogP contribution in [0.3, 0.4) is 0 Å². The van der Waals surface area contributed by atoms with E-state index in [1.54, 1.807) is 16.8 Å². The second-order valence-electron chi connectivity index (χ2n) is 8.45. The van der Waals surface area contributed by atoms with Crippen molar-refractivity contribution in [3.63, 3.8) is 0 Å². The monoisotopic (exact) mass is 455 g/mol. The van der Waals surface area contributed by atoms with Crippen LogP contribution >= 0.6 is 0 Å². The van der Waals surface area contributed by atoms with Gasteiger partial charge < -0.3 is 14.6 Å². The summed E-state index contributed by atoms with van der Waals surface area (Å²) in [5.41, 5.74) is 2.72. The number of halogens is 1. The molecule has 1 unspecified atom stereocenters. The van der Waals surface area contributed by atoms with E-state index >= 15 is 0 Å². The number of hydrogen-bond acceptors (Lipinski definition) is 5. The third-order valence-electron chi connectivity index (χ3n) is 5.18. The second kappa shape index (κ2) is 11.9. The standard InChI is InChI=1S/C26H34FN3O3/c1-5-15-30(16-22(31)18-32-19(2)3)17-24-25(20-9-7-6-8-10-20)28-29(4)26(24)33-23-13-11-21(27)12-14-23/h6-14,19,22,31H,5,15-18H2,1-4H3. The van der Waals surface area contributed by atoms with Crippen LogP contribution in [0, 0.1) is 5.82 Å². The Labute approximate surface area is 195 Å². The van der Waals surface area contributed by atoms with Crippen molar-refractivity contribution in [2.75, 3.05) is 19.7 Å². The van der Waals surface area contributed by atoms with Gasteiger partial charge in [-0.1, -0.05) is 37.3 Å². The molecular weight excluding hydrogens is 421 g/mol. The van der Waals surface area contributed by atoms with Crippen LogP contribution in [0.15, 0.2) is 54.6 Å². The molecule has 3 aromatic rings. The zero-order valence-electron chi connectivity index (χ0n) is 19.9. The van der Waals surface area contributed by atoms with Gasteiger partial charge in [-0.25, -0.2) is 9.07 Å². The first kappa shape index (κ1) is 24.9. The number of rotatable bonds is 12. The Balaban J connectivity index is 1.92. The Hall–Kier alpha value is -2.74. The van der Waals surface area contributed by atoms with Crippen LogP contribution in [0.25, 0.3) is 11.3 Å². The first-order valence-electron chi connectivity index (χ1n) is 11.4. The highest BCUT2D eigenvalue weighted by molar-refractivity contribution is 5.65. The lowest BCUT2D eigenvalue weighted by molar-refractivity contribution is -0.00953. The van der Waals surface area contributed by atoms with Gasteiger partial charge in [-0.15, -0.1) is 0 Å². The zero-order valence-corrected chi connectivity index (χ0v) is 19.9. The van der Waals surface area contributed by atoms with E-state index in [0.717, 1.165) is 29.8 Å². The van der Waals surface area contributed by atoms with Gasteiger partial charge in [0.1, 0.15) is 17.3 Å². The first-order chi connectivity index (χ1) is 15.9. The summed E-state index contributed by atoms with van der Waals surface area (Å²) in [6, 6.07) is 15.9. The van der Waals surface area contributed by atoms with Crippen LogP contribution in [-0.2, 0) is 18.3 Å². The second-order valence-corrected chi connectivity index (χ2v) is 8.45. The van der Waals surface area contributed by atoms with E-state index in [1.165, 1.54) is 12.1 Å². The molecule has 3 rings (SSSR count). The molecule has 0 aliphatic carbocycles. The molecule has 178 valence electrons. The molecule has 0 spiro atoms. The lowest BCUT2D eigenvalue weighted by Crippen LogP contribution is -2.35. The number of benzene rings is 2. The fourth-order valence-electron chi connectivity index (χ4n) is 3.69. The van der Waals surface area contributed by atoms with E-state index in [9.17, 15) is 9.50 Å². The van der Waals surface area contributed by atoms with Crippen molar-refractivity contribution in [2.24, 2.45) is 7.05 Å². The van der Waals surface area contributed by atoms with E-state index in [2.05, 4.69) is 11.8 Å². The van der Waals surface area contributed by atoms with Gasteiger partial charge >= 0.3 is 0 Å². The van der Waals surface area contributed by atoms with Gasteiger partial charge in [0, 0.05) is 25.7 Å². The minimum Gasteiger partial charge on any atom is -0.439 e. The summed E-state index contributed by atoms with van der Waals surface area (Å²) in [5.74, 6) is 0.812. The molecule has 1 atom stereocenters. The van der Waals surface area contributed by atoms with Crippen molar-refractivity contribution in [2.45, 2.75) is 45.9 Å². The van der Waals surface area contributed by atoms with Gasteiger partial charge in [0.15, 0.2) is 0 Å². The first-order valence-corrected chi connectivity index (χ1v) is 11.4. The number of nitrogens with zero attached hydrogens (tertiary/aromatic N) is 3. The van der Waals surface area contributed by atoms with Crippen LogP contribution in [0.1, 0.15) is 32.8 Å². The number of hydrogen-bond donors (Lipinski definition) is 1. The van der Waals surface area contributed by atoms with Crippen molar-refractivity contribution in [1.82, 2.24) is 14.7 Å². The van der Waals surface area contributed by atoms with Crippen LogP contribution < -0.4 is 4.74 Å². The molecule has 0 aliphatic heterocycles. The van der Waals surface area contributed by atoms with Crippen LogP contribution in [-0.4, -0.2) is 51.7 Å². The molecule has 0 aliphatic rings. The summed E-state index contributed by atoms with van der Waals surface area (Å²) in [6.07, 6.45) is 0.405. The van der Waals surface area contributed by atoms with Crippen molar-refractivity contribution in [3.05, 3.63) is 66.0 Å². The minimum absolute atomic E-state index is 0.0676. The molecule has 1 heterocycles. The van der Waals surface area contributed by atoms with Gasteiger partial charge in [-0.3, -0.25) is 4.90 Å². The Morgan fingerprint density at radius 1 is 1.09 bits per heavy atom. The van der Waals surface area contributed by atoms with Crippen LogP contribution in [0.5, 0.6) is 11.6 Å². The number of aryl methyl sites for hydroxylation is 1. The molecule has 6 nitrogen and oxygen atoms in total. The minimum atomic E-state index is -0.600. The van der Waals surface area contributed by atoms with Crippen molar-refractivity contribution in [1.29, 1.82) is 0 Å². The maximum atomic E-state index is 13.4. The van der Waals surface area contributed by atoms with E-state index < -0.39 is 6.10 Å². The molecule has 0 amide bonds. The Morgan fingerprint density at radius 3 is 2.42 bits per heavy atom. The Kier molecular flexibility index (Phi) is 9.00. The predicted octanol–water partition coefficient (Wildman–Crippen LogP) is 5.02. The molecule has 0 saturated carbocycles. The number of aromatic nitrogens is 2. The highest BCUT2D eigenvalue weighted by atomic mass is 19.1. The highest BCUT2D eigenvalue weighted by Gasteiger charge is 2.23. The number of aliphatic hydroxyl groups is 1. The predicted molar refractivity (Wildman–Crippen MR) is 128 cm³/mol. The molecule has 2 aromatic carbocycles. The average molecular weight is 456 g/mol. The summed E-state index contributed by atoms with van der Waals surface area (Å²) < 4.78 is 26.9.